The number of fused-ring (bicyclic) bond motifs is 1. The van der Waals surface area contributed by atoms with Crippen LogP contribution in [-0.4, -0.2) is 65.9 Å². The number of amides is 3. The van der Waals surface area contributed by atoms with Crippen molar-refractivity contribution in [2.75, 3.05) is 23.9 Å². The van der Waals surface area contributed by atoms with Gasteiger partial charge in [0.15, 0.2) is 9.84 Å². The Bertz CT molecular complexity index is 1300. The van der Waals surface area contributed by atoms with Crippen molar-refractivity contribution in [2.24, 2.45) is 5.92 Å². The van der Waals surface area contributed by atoms with Gasteiger partial charge in [0, 0.05) is 18.9 Å². The molecule has 4 unspecified atom stereocenters. The standard InChI is InChI=1S/C25H24ClFN2O5S/c26-12-22(31)29-24(19-13-35(33,34)14-20(19)28-10-4-7-21(28)30)17-9-8-16(27)11-18(17)23(25(29)32)15-5-2-1-3-6-15/h1-3,5-6,8-9,11,19-20,23-24H,4,7,10,12-14H2. The smallest absolute Gasteiger partial charge is 0.244 e. The topological polar surface area (TPSA) is 91.8 Å². The first-order chi connectivity index (χ1) is 16.7. The molecule has 5 rings (SSSR count). The first-order valence-electron chi connectivity index (χ1n) is 11.5. The molecule has 3 aliphatic heterocycles. The number of benzene rings is 2. The zero-order valence-corrected chi connectivity index (χ0v) is 20.3. The number of hydrogen-bond donors (Lipinski definition) is 0. The van der Waals surface area contributed by atoms with Gasteiger partial charge < -0.3 is 4.90 Å². The Labute approximate surface area is 207 Å². The van der Waals surface area contributed by atoms with Crippen molar-refractivity contribution in [3.63, 3.8) is 0 Å². The first-order valence-corrected chi connectivity index (χ1v) is 13.8. The van der Waals surface area contributed by atoms with Crippen molar-refractivity contribution in [3.05, 3.63) is 71.0 Å². The fourth-order valence-corrected chi connectivity index (χ4v) is 8.05. The lowest BCUT2D eigenvalue weighted by atomic mass is 9.75. The first kappa shape index (κ1) is 23.9. The van der Waals surface area contributed by atoms with Crippen LogP contribution in [0.5, 0.6) is 0 Å². The van der Waals surface area contributed by atoms with E-state index in [0.29, 0.717) is 36.1 Å². The van der Waals surface area contributed by atoms with Crippen molar-refractivity contribution in [1.29, 1.82) is 0 Å². The van der Waals surface area contributed by atoms with Gasteiger partial charge in [-0.25, -0.2) is 12.8 Å². The van der Waals surface area contributed by atoms with Gasteiger partial charge >= 0.3 is 0 Å². The highest BCUT2D eigenvalue weighted by Crippen LogP contribution is 2.47. The Morgan fingerprint density at radius 3 is 2.46 bits per heavy atom. The molecule has 2 fully saturated rings. The van der Waals surface area contributed by atoms with E-state index in [9.17, 15) is 27.2 Å². The maximum atomic E-state index is 14.5. The molecule has 0 aromatic heterocycles. The fraction of sp³-hybridized carbons (Fsp3) is 0.400. The van der Waals surface area contributed by atoms with Gasteiger partial charge in [-0.3, -0.25) is 19.3 Å². The lowest BCUT2D eigenvalue weighted by Gasteiger charge is -2.44. The molecule has 4 atom stereocenters. The van der Waals surface area contributed by atoms with Crippen molar-refractivity contribution in [2.45, 2.75) is 30.8 Å². The van der Waals surface area contributed by atoms with Gasteiger partial charge in [-0.15, -0.1) is 11.6 Å². The third-order valence-corrected chi connectivity index (χ3v) is 9.21. The number of carbonyl (C=O) groups excluding carboxylic acids is 3. The van der Waals surface area contributed by atoms with Crippen LogP contribution in [0.15, 0.2) is 48.5 Å². The minimum Gasteiger partial charge on any atom is -0.338 e. The Kier molecular flexibility index (Phi) is 6.17. The van der Waals surface area contributed by atoms with Gasteiger partial charge in [0.1, 0.15) is 11.7 Å². The Morgan fingerprint density at radius 1 is 1.06 bits per heavy atom. The lowest BCUT2D eigenvalue weighted by molar-refractivity contribution is -0.149. The van der Waals surface area contributed by atoms with E-state index in [1.165, 1.54) is 18.2 Å². The summed E-state index contributed by atoms with van der Waals surface area (Å²) in [6.07, 6.45) is 0.947. The summed E-state index contributed by atoms with van der Waals surface area (Å²) in [5, 5.41) is 0. The quantitative estimate of drug-likeness (QED) is 0.580. The number of imide groups is 1. The van der Waals surface area contributed by atoms with Crippen LogP contribution in [0.1, 0.15) is 41.5 Å². The molecule has 0 saturated carbocycles. The molecule has 7 nitrogen and oxygen atoms in total. The van der Waals surface area contributed by atoms with Gasteiger partial charge in [-0.05, 0) is 35.2 Å². The van der Waals surface area contributed by atoms with Crippen LogP contribution in [0, 0.1) is 11.7 Å². The number of carbonyl (C=O) groups is 3. The van der Waals surface area contributed by atoms with E-state index >= 15 is 0 Å². The second kappa shape index (κ2) is 9.02. The third-order valence-electron chi connectivity index (χ3n) is 7.24. The molecule has 3 aliphatic rings. The predicted molar refractivity (Wildman–Crippen MR) is 127 cm³/mol. The van der Waals surface area contributed by atoms with Crippen LogP contribution < -0.4 is 0 Å². The fourth-order valence-electron chi connectivity index (χ4n) is 5.84. The average molecular weight is 519 g/mol. The molecule has 3 heterocycles. The SMILES string of the molecule is O=C1CCCN1C1CS(=O)(=O)CC1C1c2ccc(F)cc2C(c2ccccc2)C(=O)N1C(=O)CCl. The van der Waals surface area contributed by atoms with Crippen LogP contribution in [0.2, 0.25) is 0 Å². The molecule has 2 saturated heterocycles. The molecule has 2 aromatic carbocycles. The second-order valence-electron chi connectivity index (χ2n) is 9.30. The summed E-state index contributed by atoms with van der Waals surface area (Å²) < 4.78 is 40.1. The van der Waals surface area contributed by atoms with E-state index in [0.717, 1.165) is 4.90 Å². The highest BCUT2D eigenvalue weighted by atomic mass is 35.5. The highest BCUT2D eigenvalue weighted by Gasteiger charge is 2.54. The molecule has 3 amide bonds. The van der Waals surface area contributed by atoms with Crippen LogP contribution in [0.3, 0.4) is 0 Å². The number of halogens is 2. The minimum atomic E-state index is -3.55. The number of alkyl halides is 1. The van der Waals surface area contributed by atoms with Crippen LogP contribution >= 0.6 is 11.6 Å². The summed E-state index contributed by atoms with van der Waals surface area (Å²) in [6, 6.07) is 11.1. The maximum absolute atomic E-state index is 14.5. The maximum Gasteiger partial charge on any atom is 0.244 e. The zero-order valence-electron chi connectivity index (χ0n) is 18.8. The molecule has 2 aromatic rings. The molecule has 184 valence electrons. The molecule has 0 spiro atoms. The third kappa shape index (κ3) is 4.14. The van der Waals surface area contributed by atoms with Crippen LogP contribution in [0.4, 0.5) is 4.39 Å². The monoisotopic (exact) mass is 518 g/mol. The second-order valence-corrected chi connectivity index (χ2v) is 11.7. The largest absolute Gasteiger partial charge is 0.338 e. The van der Waals surface area contributed by atoms with Crippen molar-refractivity contribution in [1.82, 2.24) is 9.80 Å². The van der Waals surface area contributed by atoms with E-state index in [4.69, 9.17) is 11.6 Å². The molecule has 10 heteroatoms. The van der Waals surface area contributed by atoms with E-state index in [-0.39, 0.29) is 17.4 Å². The number of hydrogen-bond acceptors (Lipinski definition) is 5. The Morgan fingerprint density at radius 2 is 1.80 bits per heavy atom. The number of likely N-dealkylation sites (tertiary alicyclic amines) is 1. The van der Waals surface area contributed by atoms with Gasteiger partial charge in [0.25, 0.3) is 0 Å². The number of rotatable bonds is 4. The summed E-state index contributed by atoms with van der Waals surface area (Å²) >= 11 is 5.93. The van der Waals surface area contributed by atoms with Crippen LogP contribution in [0.25, 0.3) is 0 Å². The molecular weight excluding hydrogens is 495 g/mol. The number of nitrogens with zero attached hydrogens (tertiary/aromatic N) is 2. The minimum absolute atomic E-state index is 0.143. The summed E-state index contributed by atoms with van der Waals surface area (Å²) in [5.41, 5.74) is 1.47. The van der Waals surface area contributed by atoms with Gasteiger partial charge in [-0.2, -0.15) is 0 Å². The summed E-state index contributed by atoms with van der Waals surface area (Å²) in [5.74, 6) is -4.64. The molecule has 0 radical (unpaired) electrons. The van der Waals surface area contributed by atoms with E-state index in [2.05, 4.69) is 0 Å². The van der Waals surface area contributed by atoms with Gasteiger partial charge in [0.2, 0.25) is 17.7 Å². The van der Waals surface area contributed by atoms with Gasteiger partial charge in [0.05, 0.1) is 29.5 Å². The highest BCUT2D eigenvalue weighted by molar-refractivity contribution is 7.91. The lowest BCUT2D eigenvalue weighted by Crippen LogP contribution is -2.53. The average Bonchev–Trinajstić information content (AvgIpc) is 3.39. The predicted octanol–water partition coefficient (Wildman–Crippen LogP) is 2.64. The normalized spacial score (nSPS) is 27.8. The Hall–Kier alpha value is -2.78. The van der Waals surface area contributed by atoms with Crippen molar-refractivity contribution < 1.29 is 27.2 Å². The molecule has 0 bridgehead atoms. The van der Waals surface area contributed by atoms with Crippen molar-refractivity contribution >= 4 is 39.2 Å². The van der Waals surface area contributed by atoms with Gasteiger partial charge in [-0.1, -0.05) is 36.4 Å². The Balaban J connectivity index is 1.71. The summed E-state index contributed by atoms with van der Waals surface area (Å²) in [4.78, 5) is 42.2. The summed E-state index contributed by atoms with van der Waals surface area (Å²) in [7, 11) is -3.55. The molecular formula is C25H24ClFN2O5S. The zero-order chi connectivity index (χ0) is 24.9. The molecule has 0 aliphatic carbocycles. The molecule has 0 N–H and O–H groups in total. The molecule has 35 heavy (non-hydrogen) atoms. The van der Waals surface area contributed by atoms with E-state index < -0.39 is 57.3 Å². The van der Waals surface area contributed by atoms with E-state index in [1.54, 1.807) is 35.2 Å². The summed E-state index contributed by atoms with van der Waals surface area (Å²) in [6.45, 7) is 0.419. The van der Waals surface area contributed by atoms with E-state index in [1.807, 2.05) is 0 Å². The number of sulfone groups is 1. The van der Waals surface area contributed by atoms with Crippen LogP contribution in [-0.2, 0) is 24.2 Å². The van der Waals surface area contributed by atoms with Crippen molar-refractivity contribution in [3.8, 4) is 0 Å².